The van der Waals surface area contributed by atoms with Crippen LogP contribution in [-0.4, -0.2) is 15.0 Å². The van der Waals surface area contributed by atoms with Crippen molar-refractivity contribution in [1.82, 2.24) is 15.0 Å². The number of rotatable bonds is 2. The summed E-state index contributed by atoms with van der Waals surface area (Å²) in [5.41, 5.74) is 3.20. The van der Waals surface area contributed by atoms with Gasteiger partial charge in [-0.3, -0.25) is 0 Å². The molecule has 0 atom stereocenters. The summed E-state index contributed by atoms with van der Waals surface area (Å²) in [7, 11) is 0. The summed E-state index contributed by atoms with van der Waals surface area (Å²) in [5, 5.41) is 4.62. The zero-order chi connectivity index (χ0) is 12.5. The number of nitrogens with one attached hydrogen (secondary N) is 2. The lowest BCUT2D eigenvalue weighted by molar-refractivity contribution is 1.17. The summed E-state index contributed by atoms with van der Waals surface area (Å²) in [6, 6.07) is 9.99. The van der Waals surface area contributed by atoms with Gasteiger partial charge >= 0.3 is 0 Å². The zero-order valence-electron chi connectivity index (χ0n) is 9.74. The van der Waals surface area contributed by atoms with Gasteiger partial charge in [0.05, 0.1) is 0 Å². The molecule has 2 aromatic heterocycles. The number of anilines is 2. The first-order chi connectivity index (χ1) is 8.70. The van der Waals surface area contributed by atoms with E-state index in [0.29, 0.717) is 5.82 Å². The molecule has 0 aliphatic carbocycles. The third-order valence-electron chi connectivity index (χ3n) is 2.66. The molecule has 0 amide bonds. The van der Waals surface area contributed by atoms with Gasteiger partial charge in [-0.25, -0.2) is 9.97 Å². The lowest BCUT2D eigenvalue weighted by Gasteiger charge is -2.05. The van der Waals surface area contributed by atoms with Gasteiger partial charge in [-0.15, -0.1) is 0 Å². The van der Waals surface area contributed by atoms with E-state index in [4.69, 9.17) is 11.6 Å². The zero-order valence-corrected chi connectivity index (χ0v) is 10.5. The fourth-order valence-corrected chi connectivity index (χ4v) is 2.05. The van der Waals surface area contributed by atoms with Crippen LogP contribution in [-0.2, 0) is 0 Å². The Bertz CT molecular complexity index is 705. The molecule has 0 radical (unpaired) electrons. The van der Waals surface area contributed by atoms with Crippen molar-refractivity contribution >= 4 is 34.0 Å². The normalized spacial score (nSPS) is 10.8. The van der Waals surface area contributed by atoms with E-state index < -0.39 is 0 Å². The molecule has 4 nitrogen and oxygen atoms in total. The van der Waals surface area contributed by atoms with Crippen LogP contribution in [0.5, 0.6) is 0 Å². The number of hydrogen-bond acceptors (Lipinski definition) is 3. The number of aromatic amines is 1. The molecule has 1 aromatic carbocycles. The van der Waals surface area contributed by atoms with Crippen molar-refractivity contribution in [2.45, 2.75) is 6.92 Å². The van der Waals surface area contributed by atoms with Crippen molar-refractivity contribution in [3.63, 3.8) is 0 Å². The molecule has 0 spiro atoms. The summed E-state index contributed by atoms with van der Waals surface area (Å²) >= 11 is 5.74. The molecular formula is C13H11ClN4. The van der Waals surface area contributed by atoms with Gasteiger partial charge in [0.2, 0.25) is 5.28 Å². The first-order valence-corrected chi connectivity index (χ1v) is 5.93. The van der Waals surface area contributed by atoms with Crippen molar-refractivity contribution in [3.8, 4) is 0 Å². The number of fused-ring (bicyclic) bond motifs is 1. The van der Waals surface area contributed by atoms with E-state index in [1.165, 1.54) is 5.39 Å². The van der Waals surface area contributed by atoms with Crippen LogP contribution >= 0.6 is 11.6 Å². The van der Waals surface area contributed by atoms with Crippen LogP contribution in [0.2, 0.25) is 5.28 Å². The molecule has 90 valence electrons. The second kappa shape index (κ2) is 4.31. The summed E-state index contributed by atoms with van der Waals surface area (Å²) < 4.78 is 0. The van der Waals surface area contributed by atoms with Crippen LogP contribution < -0.4 is 5.32 Å². The van der Waals surface area contributed by atoms with Gasteiger partial charge in [0.25, 0.3) is 0 Å². The third-order valence-corrected chi connectivity index (χ3v) is 2.84. The van der Waals surface area contributed by atoms with Crippen LogP contribution in [0.4, 0.5) is 11.5 Å². The minimum atomic E-state index is 0.233. The van der Waals surface area contributed by atoms with Crippen molar-refractivity contribution in [2.75, 3.05) is 5.32 Å². The molecule has 18 heavy (non-hydrogen) atoms. The third kappa shape index (κ3) is 2.15. The number of benzene rings is 1. The van der Waals surface area contributed by atoms with Crippen LogP contribution in [0.25, 0.3) is 10.9 Å². The van der Waals surface area contributed by atoms with E-state index in [9.17, 15) is 0 Å². The smallest absolute Gasteiger partial charge is 0.224 e. The van der Waals surface area contributed by atoms with E-state index in [2.05, 4.69) is 32.4 Å². The monoisotopic (exact) mass is 258 g/mol. The molecule has 2 heterocycles. The maximum Gasteiger partial charge on any atom is 0.224 e. The molecular weight excluding hydrogens is 248 g/mol. The Balaban J connectivity index is 1.94. The van der Waals surface area contributed by atoms with E-state index in [-0.39, 0.29) is 5.28 Å². The largest absolute Gasteiger partial charge is 0.359 e. The molecule has 2 N–H and O–H groups in total. The Morgan fingerprint density at radius 2 is 2.11 bits per heavy atom. The maximum atomic E-state index is 5.74. The van der Waals surface area contributed by atoms with E-state index in [0.717, 1.165) is 16.9 Å². The Kier molecular flexibility index (Phi) is 2.64. The minimum Gasteiger partial charge on any atom is -0.359 e. The maximum absolute atomic E-state index is 5.74. The summed E-state index contributed by atoms with van der Waals surface area (Å²) in [5.74, 6) is 0.678. The highest BCUT2D eigenvalue weighted by Gasteiger charge is 2.01. The summed E-state index contributed by atoms with van der Waals surface area (Å²) in [6.07, 6.45) is 1.62. The fourth-order valence-electron chi connectivity index (χ4n) is 1.90. The molecule has 0 saturated heterocycles. The molecule has 0 unspecified atom stereocenters. The van der Waals surface area contributed by atoms with Gasteiger partial charge in [0.15, 0.2) is 0 Å². The van der Waals surface area contributed by atoms with Crippen molar-refractivity contribution in [1.29, 1.82) is 0 Å². The Morgan fingerprint density at radius 1 is 1.22 bits per heavy atom. The average Bonchev–Trinajstić information content (AvgIpc) is 2.68. The topological polar surface area (TPSA) is 53.6 Å². The number of hydrogen-bond donors (Lipinski definition) is 2. The Hall–Kier alpha value is -2.07. The second-order valence-corrected chi connectivity index (χ2v) is 4.43. The number of aromatic nitrogens is 3. The Labute approximate surface area is 109 Å². The van der Waals surface area contributed by atoms with Crippen LogP contribution in [0.1, 0.15) is 5.69 Å². The average molecular weight is 259 g/mol. The molecule has 0 aliphatic heterocycles. The highest BCUT2D eigenvalue weighted by atomic mass is 35.5. The molecule has 0 saturated carbocycles. The quantitative estimate of drug-likeness (QED) is 0.690. The van der Waals surface area contributed by atoms with E-state index >= 15 is 0 Å². The standard InChI is InChI=1S/C13H11ClN4/c1-8-6-9-2-3-10(7-11(9)16-8)17-12-4-5-15-13(14)18-12/h2-7,16H,1H3,(H,15,17,18). The van der Waals surface area contributed by atoms with E-state index in [1.807, 2.05) is 19.1 Å². The number of H-pyrrole nitrogens is 1. The summed E-state index contributed by atoms with van der Waals surface area (Å²) in [6.45, 7) is 2.04. The Morgan fingerprint density at radius 3 is 2.94 bits per heavy atom. The highest BCUT2D eigenvalue weighted by Crippen LogP contribution is 2.22. The molecule has 0 bridgehead atoms. The second-order valence-electron chi connectivity index (χ2n) is 4.09. The van der Waals surface area contributed by atoms with Crippen molar-refractivity contribution in [2.24, 2.45) is 0 Å². The van der Waals surface area contributed by atoms with Gasteiger partial charge in [-0.1, -0.05) is 6.07 Å². The van der Waals surface area contributed by atoms with Gasteiger partial charge in [-0.2, -0.15) is 0 Å². The highest BCUT2D eigenvalue weighted by molar-refractivity contribution is 6.28. The van der Waals surface area contributed by atoms with Crippen molar-refractivity contribution < 1.29 is 0 Å². The van der Waals surface area contributed by atoms with Gasteiger partial charge in [-0.05, 0) is 48.2 Å². The predicted molar refractivity (Wildman–Crippen MR) is 73.4 cm³/mol. The van der Waals surface area contributed by atoms with Gasteiger partial charge < -0.3 is 10.3 Å². The first-order valence-electron chi connectivity index (χ1n) is 5.56. The fraction of sp³-hybridized carbons (Fsp3) is 0.0769. The molecule has 5 heteroatoms. The molecule has 3 aromatic rings. The van der Waals surface area contributed by atoms with E-state index in [1.54, 1.807) is 12.3 Å². The molecule has 0 fully saturated rings. The number of nitrogens with zero attached hydrogens (tertiary/aromatic N) is 2. The minimum absolute atomic E-state index is 0.233. The number of halogens is 1. The van der Waals surface area contributed by atoms with Crippen LogP contribution in [0, 0.1) is 6.92 Å². The predicted octanol–water partition coefficient (Wildman–Crippen LogP) is 3.66. The lowest BCUT2D eigenvalue weighted by Crippen LogP contribution is -1.94. The molecule has 3 rings (SSSR count). The first kappa shape index (κ1) is 11.0. The van der Waals surface area contributed by atoms with Crippen LogP contribution in [0.3, 0.4) is 0 Å². The van der Waals surface area contributed by atoms with Gasteiger partial charge in [0, 0.05) is 23.1 Å². The van der Waals surface area contributed by atoms with Crippen molar-refractivity contribution in [3.05, 3.63) is 47.5 Å². The summed E-state index contributed by atoms with van der Waals surface area (Å²) in [4.78, 5) is 11.2. The van der Waals surface area contributed by atoms with Gasteiger partial charge in [0.1, 0.15) is 5.82 Å². The number of aryl methyl sites for hydroxylation is 1. The lowest BCUT2D eigenvalue weighted by atomic mass is 10.2. The SMILES string of the molecule is Cc1cc2ccc(Nc3ccnc(Cl)n3)cc2[nH]1. The molecule has 0 aliphatic rings. The van der Waals surface area contributed by atoms with Crippen LogP contribution in [0.15, 0.2) is 36.5 Å².